The van der Waals surface area contributed by atoms with Crippen LogP contribution in [-0.2, 0) is 4.74 Å². The van der Waals surface area contributed by atoms with Gasteiger partial charge in [0.25, 0.3) is 0 Å². The zero-order chi connectivity index (χ0) is 9.97. The normalized spacial score (nSPS) is 26.7. The van der Waals surface area contributed by atoms with Crippen LogP contribution >= 0.6 is 27.7 Å². The predicted octanol–water partition coefficient (Wildman–Crippen LogP) is 2.30. The third kappa shape index (κ3) is 2.51. The smallest absolute Gasteiger partial charge is 0.0917 e. The molecule has 1 heterocycles. The molecular formula is C10H11BrO2S. The molecule has 76 valence electrons. The van der Waals surface area contributed by atoms with Crippen LogP contribution in [0.3, 0.4) is 0 Å². The van der Waals surface area contributed by atoms with E-state index in [1.54, 1.807) is 11.8 Å². The van der Waals surface area contributed by atoms with Crippen molar-refractivity contribution in [1.82, 2.24) is 0 Å². The number of ether oxygens (including phenoxy) is 1. The summed E-state index contributed by atoms with van der Waals surface area (Å²) in [6.45, 7) is 1.11. The van der Waals surface area contributed by atoms with E-state index >= 15 is 0 Å². The standard InChI is InChI=1S/C10H11BrO2S/c11-7-1-3-8(4-2-7)14-10-6-13-5-9(10)12/h1-4,9-10,12H,5-6H2. The molecule has 1 aliphatic heterocycles. The Labute approximate surface area is 95.8 Å². The Morgan fingerprint density at radius 2 is 2.00 bits per heavy atom. The highest BCUT2D eigenvalue weighted by Crippen LogP contribution is 2.29. The average molecular weight is 275 g/mol. The predicted molar refractivity (Wildman–Crippen MR) is 60.6 cm³/mol. The second-order valence-corrected chi connectivity index (χ2v) is 5.44. The van der Waals surface area contributed by atoms with Crippen LogP contribution in [0.5, 0.6) is 0 Å². The Kier molecular flexibility index (Phi) is 3.49. The summed E-state index contributed by atoms with van der Waals surface area (Å²) in [4.78, 5) is 1.17. The molecular weight excluding hydrogens is 264 g/mol. The molecule has 0 radical (unpaired) electrons. The number of hydrogen-bond acceptors (Lipinski definition) is 3. The average Bonchev–Trinajstić information content (AvgIpc) is 2.56. The van der Waals surface area contributed by atoms with Crippen molar-refractivity contribution in [3.63, 3.8) is 0 Å². The van der Waals surface area contributed by atoms with E-state index < -0.39 is 0 Å². The van der Waals surface area contributed by atoms with Crippen molar-refractivity contribution < 1.29 is 9.84 Å². The lowest BCUT2D eigenvalue weighted by atomic mass is 10.3. The van der Waals surface area contributed by atoms with Gasteiger partial charge in [-0.05, 0) is 24.3 Å². The Bertz CT molecular complexity index is 301. The molecule has 2 atom stereocenters. The first-order chi connectivity index (χ1) is 6.75. The van der Waals surface area contributed by atoms with Gasteiger partial charge in [0.15, 0.2) is 0 Å². The molecule has 1 aliphatic rings. The van der Waals surface area contributed by atoms with Crippen molar-refractivity contribution in [3.05, 3.63) is 28.7 Å². The molecule has 0 saturated carbocycles. The molecule has 0 spiro atoms. The van der Waals surface area contributed by atoms with Crippen LogP contribution in [0.15, 0.2) is 33.6 Å². The van der Waals surface area contributed by atoms with Crippen LogP contribution in [0.2, 0.25) is 0 Å². The van der Waals surface area contributed by atoms with Gasteiger partial charge in [-0.1, -0.05) is 15.9 Å². The monoisotopic (exact) mass is 274 g/mol. The van der Waals surface area contributed by atoms with Gasteiger partial charge in [0.2, 0.25) is 0 Å². The summed E-state index contributed by atoms with van der Waals surface area (Å²) in [7, 11) is 0. The van der Waals surface area contributed by atoms with Crippen LogP contribution in [0, 0.1) is 0 Å². The van der Waals surface area contributed by atoms with E-state index in [-0.39, 0.29) is 11.4 Å². The maximum absolute atomic E-state index is 9.55. The minimum absolute atomic E-state index is 0.177. The lowest BCUT2D eigenvalue weighted by Gasteiger charge is -2.11. The second kappa shape index (κ2) is 4.66. The first kappa shape index (κ1) is 10.5. The zero-order valence-electron chi connectivity index (χ0n) is 7.52. The number of aliphatic hydroxyl groups excluding tert-OH is 1. The van der Waals surface area contributed by atoms with Crippen molar-refractivity contribution in [2.45, 2.75) is 16.2 Å². The molecule has 0 bridgehead atoms. The van der Waals surface area contributed by atoms with Crippen LogP contribution in [0.25, 0.3) is 0 Å². The molecule has 4 heteroatoms. The van der Waals surface area contributed by atoms with Crippen LogP contribution in [-0.4, -0.2) is 29.7 Å². The van der Waals surface area contributed by atoms with Crippen molar-refractivity contribution >= 4 is 27.7 Å². The van der Waals surface area contributed by atoms with Crippen molar-refractivity contribution in [2.24, 2.45) is 0 Å². The fourth-order valence-electron chi connectivity index (χ4n) is 1.32. The van der Waals surface area contributed by atoms with Gasteiger partial charge in [-0.2, -0.15) is 0 Å². The van der Waals surface area contributed by atoms with Gasteiger partial charge in [-0.25, -0.2) is 0 Å². The zero-order valence-corrected chi connectivity index (χ0v) is 9.92. The Balaban J connectivity index is 2.00. The number of rotatable bonds is 2. The molecule has 0 amide bonds. The van der Waals surface area contributed by atoms with E-state index in [1.165, 1.54) is 4.90 Å². The lowest BCUT2D eigenvalue weighted by molar-refractivity contribution is 0.127. The van der Waals surface area contributed by atoms with E-state index in [1.807, 2.05) is 24.3 Å². The molecule has 2 unspecified atom stereocenters. The van der Waals surface area contributed by atoms with E-state index in [4.69, 9.17) is 4.74 Å². The van der Waals surface area contributed by atoms with Crippen molar-refractivity contribution in [2.75, 3.05) is 13.2 Å². The van der Waals surface area contributed by atoms with Crippen molar-refractivity contribution in [1.29, 1.82) is 0 Å². The van der Waals surface area contributed by atoms with Gasteiger partial charge in [0.05, 0.1) is 24.6 Å². The van der Waals surface area contributed by atoms with Crippen LogP contribution in [0.4, 0.5) is 0 Å². The highest BCUT2D eigenvalue weighted by molar-refractivity contribution is 9.10. The molecule has 2 rings (SSSR count). The third-order valence-electron chi connectivity index (χ3n) is 2.10. The van der Waals surface area contributed by atoms with Crippen LogP contribution < -0.4 is 0 Å². The topological polar surface area (TPSA) is 29.5 Å². The highest BCUT2D eigenvalue weighted by Gasteiger charge is 2.26. The van der Waals surface area contributed by atoms with Crippen LogP contribution in [0.1, 0.15) is 0 Å². The molecule has 1 aromatic rings. The number of thioether (sulfide) groups is 1. The molecule has 0 aliphatic carbocycles. The summed E-state index contributed by atoms with van der Waals surface area (Å²) in [5.41, 5.74) is 0. The number of benzene rings is 1. The number of aliphatic hydroxyl groups is 1. The van der Waals surface area contributed by atoms with Gasteiger partial charge >= 0.3 is 0 Å². The molecule has 14 heavy (non-hydrogen) atoms. The molecule has 1 saturated heterocycles. The summed E-state index contributed by atoms with van der Waals surface area (Å²) in [6.07, 6.45) is -0.330. The van der Waals surface area contributed by atoms with E-state index in [0.29, 0.717) is 13.2 Å². The number of halogens is 1. The molecule has 0 aromatic heterocycles. The SMILES string of the molecule is OC1COCC1Sc1ccc(Br)cc1. The third-order valence-corrected chi connectivity index (χ3v) is 3.93. The first-order valence-corrected chi connectivity index (χ1v) is 6.11. The summed E-state index contributed by atoms with van der Waals surface area (Å²) < 4.78 is 6.26. The summed E-state index contributed by atoms with van der Waals surface area (Å²) in [5.74, 6) is 0. The fourth-order valence-corrected chi connectivity index (χ4v) is 2.63. The Morgan fingerprint density at radius 3 is 2.57 bits per heavy atom. The fraction of sp³-hybridized carbons (Fsp3) is 0.400. The van der Waals surface area contributed by atoms with E-state index in [2.05, 4.69) is 15.9 Å². The Morgan fingerprint density at radius 1 is 1.29 bits per heavy atom. The molecule has 2 nitrogen and oxygen atoms in total. The molecule has 1 fully saturated rings. The highest BCUT2D eigenvalue weighted by atomic mass is 79.9. The summed E-state index contributed by atoms with van der Waals surface area (Å²) in [5, 5.41) is 9.73. The lowest BCUT2D eigenvalue weighted by Crippen LogP contribution is -2.19. The maximum Gasteiger partial charge on any atom is 0.0917 e. The van der Waals surface area contributed by atoms with Gasteiger partial charge < -0.3 is 9.84 Å². The molecule has 1 aromatic carbocycles. The minimum Gasteiger partial charge on any atom is -0.389 e. The quantitative estimate of drug-likeness (QED) is 0.898. The van der Waals surface area contributed by atoms with E-state index in [0.717, 1.165) is 4.47 Å². The molecule has 1 N–H and O–H groups in total. The maximum atomic E-state index is 9.55. The Hall–Kier alpha value is -0.0300. The second-order valence-electron chi connectivity index (χ2n) is 3.22. The minimum atomic E-state index is -0.330. The summed E-state index contributed by atoms with van der Waals surface area (Å²) in [6, 6.07) is 8.09. The van der Waals surface area contributed by atoms with Gasteiger partial charge in [-0.3, -0.25) is 0 Å². The van der Waals surface area contributed by atoms with Crippen molar-refractivity contribution in [3.8, 4) is 0 Å². The largest absolute Gasteiger partial charge is 0.389 e. The van der Waals surface area contributed by atoms with Gasteiger partial charge in [0.1, 0.15) is 0 Å². The number of hydrogen-bond donors (Lipinski definition) is 1. The van der Waals surface area contributed by atoms with Gasteiger partial charge in [0, 0.05) is 9.37 Å². The van der Waals surface area contributed by atoms with Gasteiger partial charge in [-0.15, -0.1) is 11.8 Å². The summed E-state index contributed by atoms with van der Waals surface area (Å²) >= 11 is 5.06. The van der Waals surface area contributed by atoms with E-state index in [9.17, 15) is 5.11 Å². The first-order valence-electron chi connectivity index (χ1n) is 4.44.